The molecule has 3 aliphatic rings. The molecule has 1 unspecified atom stereocenters. The molecule has 3 aromatic rings. The molecule has 6 nitrogen and oxygen atoms in total. The molecule has 10 heteroatoms. The van der Waals surface area contributed by atoms with Crippen LogP contribution < -0.4 is 5.11 Å². The van der Waals surface area contributed by atoms with E-state index in [1.54, 1.807) is 0 Å². The molecule has 2 bridgehead atoms. The van der Waals surface area contributed by atoms with E-state index in [1.165, 1.54) is 24.4 Å². The molecule has 3 saturated heterocycles. The van der Waals surface area contributed by atoms with Crippen LogP contribution in [0.25, 0.3) is 0 Å². The van der Waals surface area contributed by atoms with Crippen LogP contribution in [0.5, 0.6) is 0 Å². The van der Waals surface area contributed by atoms with Gasteiger partial charge in [-0.2, -0.15) is 13.2 Å². The Hall–Kier alpha value is -3.21. The molecule has 6 rings (SSSR count). The van der Waals surface area contributed by atoms with Gasteiger partial charge in [-0.1, -0.05) is 66.7 Å². The Morgan fingerprint density at radius 3 is 2.14 bits per heavy atom. The van der Waals surface area contributed by atoms with E-state index in [9.17, 15) is 23.1 Å². The number of aliphatic carboxylic acids is 1. The molecule has 1 aromatic heterocycles. The smallest absolute Gasteiger partial charge is 0.430 e. The van der Waals surface area contributed by atoms with E-state index in [-0.39, 0.29) is 18.7 Å². The van der Waals surface area contributed by atoms with Crippen molar-refractivity contribution < 1.29 is 42.2 Å². The number of rotatable bonds is 10. The molecule has 0 spiro atoms. The van der Waals surface area contributed by atoms with Crippen molar-refractivity contribution in [2.45, 2.75) is 49.8 Å². The van der Waals surface area contributed by atoms with Crippen molar-refractivity contribution >= 4 is 23.3 Å². The summed E-state index contributed by atoms with van der Waals surface area (Å²) in [6.07, 6.45) is -0.308. The van der Waals surface area contributed by atoms with Crippen LogP contribution in [0.2, 0.25) is 0 Å². The Labute approximate surface area is 248 Å². The second-order valence-electron chi connectivity index (χ2n) is 11.2. The fourth-order valence-corrected chi connectivity index (χ4v) is 6.92. The fourth-order valence-electron chi connectivity index (χ4n) is 6.17. The number of carboxylic acid groups (broad SMARTS) is 1. The highest BCUT2D eigenvalue weighted by molar-refractivity contribution is 7.09. The number of carboxylic acids is 1. The van der Waals surface area contributed by atoms with Crippen LogP contribution in [0.1, 0.15) is 35.3 Å². The zero-order valence-electron chi connectivity index (χ0n) is 23.3. The van der Waals surface area contributed by atoms with Gasteiger partial charge in [0.1, 0.15) is 17.9 Å². The van der Waals surface area contributed by atoms with Gasteiger partial charge in [-0.25, -0.2) is 0 Å². The first-order valence-corrected chi connectivity index (χ1v) is 15.0. The number of thiophene rings is 1. The lowest BCUT2D eigenvalue weighted by Gasteiger charge is -2.52. The number of piperidine rings is 3. The number of hydrogen-bond acceptors (Lipinski definition) is 6. The average molecular weight is 604 g/mol. The number of nitrogens with zero attached hydrogens (tertiary/aromatic N) is 1. The number of ether oxygens (including phenoxy) is 1. The number of carbonyl (C=O) groups excluding carboxylic acids is 2. The van der Waals surface area contributed by atoms with E-state index in [0.29, 0.717) is 12.3 Å². The van der Waals surface area contributed by atoms with E-state index < -0.39 is 17.6 Å². The van der Waals surface area contributed by atoms with E-state index in [1.807, 2.05) is 72.0 Å². The second-order valence-corrected chi connectivity index (χ2v) is 12.2. The maximum absolute atomic E-state index is 13.9. The van der Waals surface area contributed by atoms with E-state index >= 15 is 0 Å². The van der Waals surface area contributed by atoms with Crippen LogP contribution in [-0.4, -0.2) is 66.6 Å². The Balaban J connectivity index is 0.000000517. The third kappa shape index (κ3) is 7.79. The predicted octanol–water partition coefficient (Wildman–Crippen LogP) is 4.30. The first-order valence-electron chi connectivity index (χ1n) is 14.1. The zero-order chi connectivity index (χ0) is 30.2. The van der Waals surface area contributed by atoms with Gasteiger partial charge in [-0.05, 0) is 35.4 Å². The van der Waals surface area contributed by atoms with Gasteiger partial charge in [0.2, 0.25) is 0 Å². The lowest BCUT2D eigenvalue weighted by atomic mass is 9.75. The minimum atomic E-state index is -5.19. The van der Waals surface area contributed by atoms with Crippen molar-refractivity contribution in [1.29, 1.82) is 0 Å². The highest BCUT2D eigenvalue weighted by Crippen LogP contribution is 2.38. The number of benzene rings is 2. The number of aliphatic hydroxyl groups excluding tert-OH is 1. The molecule has 226 valence electrons. The molecule has 0 radical (unpaired) electrons. The molecule has 3 fully saturated rings. The second kappa shape index (κ2) is 13.8. The Morgan fingerprint density at radius 2 is 1.60 bits per heavy atom. The third-order valence-corrected chi connectivity index (χ3v) is 9.44. The number of alkyl halides is 3. The lowest BCUT2D eigenvalue weighted by molar-refractivity contribution is -0.946. The molecule has 4 heterocycles. The van der Waals surface area contributed by atoms with Crippen molar-refractivity contribution in [2.24, 2.45) is 5.92 Å². The number of aliphatic hydroxyl groups is 1. The molecule has 3 aliphatic heterocycles. The summed E-state index contributed by atoms with van der Waals surface area (Å²) in [4.78, 5) is 24.2. The summed E-state index contributed by atoms with van der Waals surface area (Å²) in [5.74, 6) is -2.86. The quantitative estimate of drug-likeness (QED) is 0.276. The van der Waals surface area contributed by atoms with Gasteiger partial charge in [-0.15, -0.1) is 11.3 Å². The predicted molar refractivity (Wildman–Crippen MR) is 151 cm³/mol. The molecule has 0 saturated carbocycles. The number of carbonyl (C=O) groups is 2. The molecular formula is C32H36F3NO5S. The highest BCUT2D eigenvalue weighted by Gasteiger charge is 2.50. The van der Waals surface area contributed by atoms with Gasteiger partial charge in [0.25, 0.3) is 0 Å². The molecule has 0 amide bonds. The number of quaternary nitrogens is 1. The zero-order valence-corrected chi connectivity index (χ0v) is 24.1. The standard InChI is InChI=1S/C30H36NO3S.C2HF3O2/c32-23-30(26-11-5-2-6-12-26,21-24-9-3-1-4-10-24)29(33)34-28-22-31(18-15-25(28)16-19-31)17-7-13-27-14-8-20-35-27;3-2(4,5)1(6)7/h1-6,8-12,14,20,25,28,32H,7,13,15-19,21-23H2;(H,6,7)/q+1;/p-1/t25?,28-,30?,31?;/m0./s1. The Morgan fingerprint density at radius 1 is 0.976 bits per heavy atom. The van der Waals surface area contributed by atoms with Gasteiger partial charge in [-0.3, -0.25) is 4.79 Å². The summed E-state index contributed by atoms with van der Waals surface area (Å²) in [6.45, 7) is 4.16. The highest BCUT2D eigenvalue weighted by atomic mass is 32.1. The van der Waals surface area contributed by atoms with Crippen molar-refractivity contribution in [3.63, 3.8) is 0 Å². The van der Waals surface area contributed by atoms with Gasteiger partial charge in [0, 0.05) is 30.1 Å². The van der Waals surface area contributed by atoms with Crippen molar-refractivity contribution in [3.8, 4) is 0 Å². The third-order valence-electron chi connectivity index (χ3n) is 8.50. The van der Waals surface area contributed by atoms with Crippen LogP contribution in [0.3, 0.4) is 0 Å². The Kier molecular flexibility index (Phi) is 10.5. The topological polar surface area (TPSA) is 86.7 Å². The van der Waals surface area contributed by atoms with Crippen molar-refractivity contribution in [1.82, 2.24) is 0 Å². The van der Waals surface area contributed by atoms with Gasteiger partial charge >= 0.3 is 12.1 Å². The molecule has 2 aromatic carbocycles. The largest absolute Gasteiger partial charge is 0.542 e. The normalized spacial score (nSPS) is 22.9. The van der Waals surface area contributed by atoms with E-state index in [0.717, 1.165) is 48.0 Å². The molecule has 0 aliphatic carbocycles. The fraction of sp³-hybridized carbons (Fsp3) is 0.438. The first-order chi connectivity index (χ1) is 20.1. The monoisotopic (exact) mass is 603 g/mol. The summed E-state index contributed by atoms with van der Waals surface area (Å²) in [7, 11) is 0. The summed E-state index contributed by atoms with van der Waals surface area (Å²) in [5, 5.41) is 21.6. The number of hydrogen-bond donors (Lipinski definition) is 1. The molecule has 2 atom stereocenters. The summed E-state index contributed by atoms with van der Waals surface area (Å²) < 4.78 is 39.0. The van der Waals surface area contributed by atoms with Crippen molar-refractivity contribution in [2.75, 3.05) is 32.8 Å². The number of fused-ring (bicyclic) bond motifs is 3. The van der Waals surface area contributed by atoms with Crippen LogP contribution in [0.4, 0.5) is 13.2 Å². The average Bonchev–Trinajstić information content (AvgIpc) is 3.51. The molecular weight excluding hydrogens is 567 g/mol. The number of aryl methyl sites for hydroxylation is 1. The maximum Gasteiger partial charge on any atom is 0.430 e. The van der Waals surface area contributed by atoms with E-state index in [2.05, 4.69) is 17.5 Å². The minimum Gasteiger partial charge on any atom is -0.542 e. The van der Waals surface area contributed by atoms with Crippen LogP contribution in [0.15, 0.2) is 78.2 Å². The number of esters is 1. The SMILES string of the molecule is O=C(O[C@H]1C[N+]2(CCCc3cccs3)CCC1CC2)C(CO)(Cc1ccccc1)c1ccccc1.O=C([O-])C(F)(F)F. The maximum atomic E-state index is 13.9. The van der Waals surface area contributed by atoms with Crippen LogP contribution >= 0.6 is 11.3 Å². The molecule has 1 N–H and O–H groups in total. The van der Waals surface area contributed by atoms with E-state index in [4.69, 9.17) is 14.6 Å². The number of halogens is 3. The summed E-state index contributed by atoms with van der Waals surface area (Å²) in [6, 6.07) is 24.0. The Bertz CT molecular complexity index is 1280. The minimum absolute atomic E-state index is 0.0721. The van der Waals surface area contributed by atoms with Gasteiger partial charge < -0.3 is 24.2 Å². The van der Waals surface area contributed by atoms with Gasteiger partial charge in [0.05, 0.1) is 26.2 Å². The molecule has 42 heavy (non-hydrogen) atoms. The van der Waals surface area contributed by atoms with Crippen LogP contribution in [-0.2, 0) is 32.6 Å². The van der Waals surface area contributed by atoms with Crippen molar-refractivity contribution in [3.05, 3.63) is 94.2 Å². The summed E-state index contributed by atoms with van der Waals surface area (Å²) in [5.41, 5.74) is 0.740. The van der Waals surface area contributed by atoms with Crippen LogP contribution in [0, 0.1) is 5.92 Å². The first kappa shape index (κ1) is 31.7. The van der Waals surface area contributed by atoms with Gasteiger partial charge in [0.15, 0.2) is 6.10 Å². The summed E-state index contributed by atoms with van der Waals surface area (Å²) >= 11 is 1.84. The lowest BCUT2D eigenvalue weighted by Crippen LogP contribution is -2.65.